The van der Waals surface area contributed by atoms with Gasteiger partial charge in [-0.05, 0) is 60.6 Å². The number of carbonyl (C=O) groups is 1. The van der Waals surface area contributed by atoms with Gasteiger partial charge in [0, 0.05) is 0 Å². The predicted octanol–water partition coefficient (Wildman–Crippen LogP) is 8.01. The lowest BCUT2D eigenvalue weighted by Crippen LogP contribution is -2.33. The van der Waals surface area contributed by atoms with Crippen LogP contribution in [0.25, 0.3) is 0 Å². The summed E-state index contributed by atoms with van der Waals surface area (Å²) in [5, 5.41) is 0. The Morgan fingerprint density at radius 1 is 0.893 bits per heavy atom. The van der Waals surface area contributed by atoms with E-state index in [0.717, 1.165) is 6.42 Å². The summed E-state index contributed by atoms with van der Waals surface area (Å²) in [6.07, 6.45) is 4.68. The molecule has 1 aromatic carbocycles. The molecule has 0 aliphatic heterocycles. The Labute approximate surface area is 174 Å². The fraction of sp³-hybridized carbons (Fsp3) is 0.731. The Morgan fingerprint density at radius 3 is 1.79 bits per heavy atom. The highest BCUT2D eigenvalue weighted by atomic mass is 16.6. The van der Waals surface area contributed by atoms with E-state index in [1.54, 1.807) is 0 Å². The Hall–Kier alpha value is -1.31. The molecule has 2 nitrogen and oxygen atoms in total. The zero-order chi connectivity index (χ0) is 21.8. The molecular weight excluding hydrogens is 344 g/mol. The lowest BCUT2D eigenvalue weighted by atomic mass is 9.65. The van der Waals surface area contributed by atoms with Crippen LogP contribution in [-0.4, -0.2) is 11.6 Å². The van der Waals surface area contributed by atoms with E-state index in [1.807, 2.05) is 26.0 Å². The van der Waals surface area contributed by atoms with Crippen molar-refractivity contribution in [1.82, 2.24) is 0 Å². The van der Waals surface area contributed by atoms with Gasteiger partial charge < -0.3 is 4.74 Å². The summed E-state index contributed by atoms with van der Waals surface area (Å²) in [5.41, 5.74) is 2.06. The largest absolute Gasteiger partial charge is 0.456 e. The van der Waals surface area contributed by atoms with Gasteiger partial charge >= 0.3 is 5.97 Å². The third-order valence-corrected chi connectivity index (χ3v) is 7.55. The molecule has 28 heavy (non-hydrogen) atoms. The molecule has 0 radical (unpaired) electrons. The third kappa shape index (κ3) is 6.09. The Kier molecular flexibility index (Phi) is 8.35. The molecule has 0 aromatic heterocycles. The van der Waals surface area contributed by atoms with Crippen molar-refractivity contribution in [2.24, 2.45) is 16.7 Å². The fourth-order valence-corrected chi connectivity index (χ4v) is 3.39. The summed E-state index contributed by atoms with van der Waals surface area (Å²) in [6, 6.07) is 8.18. The quantitative estimate of drug-likeness (QED) is 0.379. The van der Waals surface area contributed by atoms with E-state index < -0.39 is 5.60 Å². The molecule has 160 valence electrons. The van der Waals surface area contributed by atoms with Gasteiger partial charge in [0.1, 0.15) is 5.60 Å². The molecule has 0 spiro atoms. The second-order valence-electron chi connectivity index (χ2n) is 10.4. The van der Waals surface area contributed by atoms with Crippen LogP contribution in [0.1, 0.15) is 117 Å². The highest BCUT2D eigenvalue weighted by Gasteiger charge is 2.35. The van der Waals surface area contributed by atoms with Crippen LogP contribution in [0.3, 0.4) is 0 Å². The Bertz CT molecular complexity index is 618. The predicted molar refractivity (Wildman–Crippen MR) is 121 cm³/mol. The normalized spacial score (nSPS) is 14.2. The number of hydrogen-bond donors (Lipinski definition) is 0. The molecule has 0 saturated carbocycles. The van der Waals surface area contributed by atoms with E-state index in [-0.39, 0.29) is 17.3 Å². The summed E-state index contributed by atoms with van der Waals surface area (Å²) in [6.45, 7) is 22.1. The monoisotopic (exact) mass is 388 g/mol. The molecular formula is C26H44O2. The van der Waals surface area contributed by atoms with Crippen molar-refractivity contribution >= 4 is 5.97 Å². The van der Waals surface area contributed by atoms with Crippen LogP contribution in [0.5, 0.6) is 0 Å². The first-order chi connectivity index (χ1) is 12.8. The van der Waals surface area contributed by atoms with E-state index in [4.69, 9.17) is 4.74 Å². The minimum atomic E-state index is -0.466. The average Bonchev–Trinajstić information content (AvgIpc) is 2.65. The summed E-state index contributed by atoms with van der Waals surface area (Å²) in [7, 11) is 0. The maximum atomic E-state index is 12.6. The number of esters is 1. The zero-order valence-electron chi connectivity index (χ0n) is 20.1. The molecule has 0 aliphatic carbocycles. The maximum absolute atomic E-state index is 12.6. The van der Waals surface area contributed by atoms with E-state index in [9.17, 15) is 4.79 Å². The van der Waals surface area contributed by atoms with Crippen molar-refractivity contribution < 1.29 is 9.53 Å². The molecule has 1 unspecified atom stereocenters. The Morgan fingerprint density at radius 2 is 1.39 bits per heavy atom. The maximum Gasteiger partial charge on any atom is 0.338 e. The molecule has 0 fully saturated rings. The zero-order valence-corrected chi connectivity index (χ0v) is 20.1. The first-order valence-corrected chi connectivity index (χ1v) is 11.1. The van der Waals surface area contributed by atoms with Crippen LogP contribution < -0.4 is 0 Å². The molecule has 0 aliphatic rings. The fourth-order valence-electron chi connectivity index (χ4n) is 3.39. The number of ether oxygens (including phenoxy) is 1. The van der Waals surface area contributed by atoms with Gasteiger partial charge in [0.15, 0.2) is 0 Å². The van der Waals surface area contributed by atoms with Gasteiger partial charge in [-0.2, -0.15) is 0 Å². The van der Waals surface area contributed by atoms with Crippen LogP contribution >= 0.6 is 0 Å². The minimum absolute atomic E-state index is 0.216. The molecule has 1 aromatic rings. The Balaban J connectivity index is 3.13. The first-order valence-electron chi connectivity index (χ1n) is 11.1. The summed E-state index contributed by atoms with van der Waals surface area (Å²) in [5.74, 6) is 0.509. The number of carbonyl (C=O) groups excluding carboxylic acids is 1. The molecule has 1 rings (SSSR count). The van der Waals surface area contributed by atoms with Crippen molar-refractivity contribution in [3.05, 3.63) is 35.4 Å². The average molecular weight is 389 g/mol. The molecule has 0 bridgehead atoms. The van der Waals surface area contributed by atoms with Crippen LogP contribution in [0.4, 0.5) is 0 Å². The summed E-state index contributed by atoms with van der Waals surface area (Å²) < 4.78 is 5.75. The van der Waals surface area contributed by atoms with Gasteiger partial charge in [-0.15, -0.1) is 0 Å². The van der Waals surface area contributed by atoms with Crippen LogP contribution in [0, 0.1) is 16.7 Å². The van der Waals surface area contributed by atoms with Crippen molar-refractivity contribution in [1.29, 1.82) is 0 Å². The molecule has 1 atom stereocenters. The SMILES string of the molecule is CCC(C)(CC)CC(c1ccc(C(=O)OC(C)(C)C(C)C)cc1)C(C)(C)CC. The van der Waals surface area contributed by atoms with Gasteiger partial charge in [-0.1, -0.05) is 86.8 Å². The summed E-state index contributed by atoms with van der Waals surface area (Å²) in [4.78, 5) is 12.6. The molecule has 2 heteroatoms. The van der Waals surface area contributed by atoms with E-state index in [0.29, 0.717) is 16.9 Å². The van der Waals surface area contributed by atoms with E-state index in [1.165, 1.54) is 24.8 Å². The number of rotatable bonds is 10. The minimum Gasteiger partial charge on any atom is -0.456 e. The van der Waals surface area contributed by atoms with Crippen molar-refractivity contribution in [2.45, 2.75) is 106 Å². The highest BCUT2D eigenvalue weighted by Crippen LogP contribution is 2.47. The van der Waals surface area contributed by atoms with Gasteiger partial charge in [0.25, 0.3) is 0 Å². The van der Waals surface area contributed by atoms with E-state index in [2.05, 4.69) is 67.5 Å². The lowest BCUT2D eigenvalue weighted by Gasteiger charge is -2.40. The van der Waals surface area contributed by atoms with Crippen LogP contribution in [0.15, 0.2) is 24.3 Å². The number of hydrogen-bond acceptors (Lipinski definition) is 2. The lowest BCUT2D eigenvalue weighted by molar-refractivity contribution is -0.0222. The van der Waals surface area contributed by atoms with Gasteiger partial charge in [0.2, 0.25) is 0 Å². The third-order valence-electron chi connectivity index (χ3n) is 7.55. The van der Waals surface area contributed by atoms with Gasteiger partial charge in [0.05, 0.1) is 5.56 Å². The van der Waals surface area contributed by atoms with Crippen molar-refractivity contribution in [3.8, 4) is 0 Å². The van der Waals surface area contributed by atoms with Crippen molar-refractivity contribution in [3.63, 3.8) is 0 Å². The van der Waals surface area contributed by atoms with Crippen LogP contribution in [0.2, 0.25) is 0 Å². The summed E-state index contributed by atoms with van der Waals surface area (Å²) >= 11 is 0. The molecule has 0 N–H and O–H groups in total. The van der Waals surface area contributed by atoms with Crippen LogP contribution in [-0.2, 0) is 4.74 Å². The first kappa shape index (κ1) is 24.7. The highest BCUT2D eigenvalue weighted by molar-refractivity contribution is 5.89. The van der Waals surface area contributed by atoms with Crippen molar-refractivity contribution in [2.75, 3.05) is 0 Å². The smallest absolute Gasteiger partial charge is 0.338 e. The molecule has 0 amide bonds. The second kappa shape index (κ2) is 9.46. The standard InChI is InChI=1S/C26H44O2/c1-11-24(6,7)22(18-26(10,12-2)13-3)20-14-16-21(17-15-20)23(27)28-25(8,9)19(4)5/h14-17,19,22H,11-13,18H2,1-10H3. The topological polar surface area (TPSA) is 26.3 Å². The van der Waals surface area contributed by atoms with E-state index >= 15 is 0 Å². The second-order valence-corrected chi connectivity index (χ2v) is 10.4. The molecule has 0 heterocycles. The van der Waals surface area contributed by atoms with Gasteiger partial charge in [-0.3, -0.25) is 0 Å². The molecule has 0 saturated heterocycles. The number of benzene rings is 1. The van der Waals surface area contributed by atoms with Gasteiger partial charge in [-0.25, -0.2) is 4.79 Å².